The van der Waals surface area contributed by atoms with Crippen molar-refractivity contribution in [2.45, 2.75) is 51.2 Å². The van der Waals surface area contributed by atoms with Gasteiger partial charge in [0.15, 0.2) is 0 Å². The van der Waals surface area contributed by atoms with E-state index in [1.165, 1.54) is 31.2 Å². The monoisotopic (exact) mass is 290 g/mol. The summed E-state index contributed by atoms with van der Waals surface area (Å²) in [5, 5.41) is 3.52. The summed E-state index contributed by atoms with van der Waals surface area (Å²) in [7, 11) is 6.09. The second-order valence-electron chi connectivity index (χ2n) is 6.32. The van der Waals surface area contributed by atoms with E-state index in [9.17, 15) is 0 Å². The molecule has 1 N–H and O–H groups in total. The van der Waals surface area contributed by atoms with Crippen LogP contribution in [0.5, 0.6) is 5.75 Å². The molecule has 1 fully saturated rings. The van der Waals surface area contributed by atoms with Gasteiger partial charge in [0.1, 0.15) is 5.75 Å². The van der Waals surface area contributed by atoms with Gasteiger partial charge in [-0.15, -0.1) is 0 Å². The van der Waals surface area contributed by atoms with Gasteiger partial charge in [-0.1, -0.05) is 25.5 Å². The first-order valence-corrected chi connectivity index (χ1v) is 8.18. The van der Waals surface area contributed by atoms with Crippen LogP contribution in [0, 0.1) is 5.92 Å². The lowest BCUT2D eigenvalue weighted by molar-refractivity contribution is 0.116. The largest absolute Gasteiger partial charge is 0.497 e. The molecule has 3 atom stereocenters. The van der Waals surface area contributed by atoms with Gasteiger partial charge < -0.3 is 10.1 Å². The van der Waals surface area contributed by atoms with Gasteiger partial charge >= 0.3 is 0 Å². The van der Waals surface area contributed by atoms with Crippen LogP contribution in [0.15, 0.2) is 24.3 Å². The third-order valence-electron chi connectivity index (χ3n) is 5.01. The molecule has 0 bridgehead atoms. The summed E-state index contributed by atoms with van der Waals surface area (Å²) in [4.78, 5) is 2.51. The summed E-state index contributed by atoms with van der Waals surface area (Å²) < 4.78 is 5.33. The van der Waals surface area contributed by atoms with Crippen LogP contribution in [0.1, 0.15) is 38.2 Å². The summed E-state index contributed by atoms with van der Waals surface area (Å²) in [6.45, 7) is 3.31. The molecule has 0 aliphatic heterocycles. The highest BCUT2D eigenvalue weighted by atomic mass is 16.5. The Morgan fingerprint density at radius 2 is 2.14 bits per heavy atom. The molecule has 0 radical (unpaired) electrons. The van der Waals surface area contributed by atoms with Crippen molar-refractivity contribution in [1.82, 2.24) is 10.2 Å². The van der Waals surface area contributed by atoms with E-state index in [2.05, 4.69) is 49.4 Å². The molecular formula is C18H30N2O. The first-order chi connectivity index (χ1) is 10.2. The van der Waals surface area contributed by atoms with Crippen molar-refractivity contribution in [2.24, 2.45) is 5.92 Å². The van der Waals surface area contributed by atoms with Gasteiger partial charge in [-0.05, 0) is 57.0 Å². The van der Waals surface area contributed by atoms with Crippen molar-refractivity contribution in [3.8, 4) is 5.75 Å². The Hall–Kier alpha value is -1.06. The van der Waals surface area contributed by atoms with Gasteiger partial charge in [-0.2, -0.15) is 0 Å². The molecule has 118 valence electrons. The molecule has 21 heavy (non-hydrogen) atoms. The standard InChI is InChI=1S/C18H30N2O/c1-5-14-9-10-17(19-2)18(12-14)20(3)13-15-7-6-8-16(11-15)21-4/h6-8,11,14,17-19H,5,9-10,12-13H2,1-4H3. The second kappa shape index (κ2) is 7.81. The number of hydrogen-bond acceptors (Lipinski definition) is 3. The molecule has 1 aliphatic rings. The lowest BCUT2D eigenvalue weighted by atomic mass is 9.80. The summed E-state index contributed by atoms with van der Waals surface area (Å²) in [5.41, 5.74) is 1.32. The molecule has 0 heterocycles. The normalized spacial score (nSPS) is 26.0. The molecule has 1 saturated carbocycles. The van der Waals surface area contributed by atoms with Crippen molar-refractivity contribution in [3.05, 3.63) is 29.8 Å². The third kappa shape index (κ3) is 4.21. The Bertz CT molecular complexity index is 435. The highest BCUT2D eigenvalue weighted by Gasteiger charge is 2.31. The van der Waals surface area contributed by atoms with Gasteiger partial charge in [0.2, 0.25) is 0 Å². The zero-order chi connectivity index (χ0) is 15.2. The molecule has 1 aliphatic carbocycles. The highest BCUT2D eigenvalue weighted by Crippen LogP contribution is 2.30. The zero-order valence-corrected chi connectivity index (χ0v) is 13.9. The summed E-state index contributed by atoms with van der Waals surface area (Å²) in [6.07, 6.45) is 5.27. The van der Waals surface area contributed by atoms with Crippen molar-refractivity contribution >= 4 is 0 Å². The van der Waals surface area contributed by atoms with Gasteiger partial charge in [0.05, 0.1) is 7.11 Å². The number of rotatable bonds is 6. The minimum atomic E-state index is 0.614. The lowest BCUT2D eigenvalue weighted by Gasteiger charge is -2.41. The molecule has 3 heteroatoms. The Morgan fingerprint density at radius 3 is 2.81 bits per heavy atom. The topological polar surface area (TPSA) is 24.5 Å². The number of benzene rings is 1. The maximum Gasteiger partial charge on any atom is 0.119 e. The molecule has 3 nitrogen and oxygen atoms in total. The number of ether oxygens (including phenoxy) is 1. The molecule has 2 rings (SSSR count). The Morgan fingerprint density at radius 1 is 1.33 bits per heavy atom. The average molecular weight is 290 g/mol. The molecule has 0 aromatic heterocycles. The Kier molecular flexibility index (Phi) is 6.07. The molecule has 1 aromatic carbocycles. The number of methoxy groups -OCH3 is 1. The van der Waals surface area contributed by atoms with E-state index in [4.69, 9.17) is 4.74 Å². The fraction of sp³-hybridized carbons (Fsp3) is 0.667. The minimum Gasteiger partial charge on any atom is -0.497 e. The number of likely N-dealkylation sites (N-methyl/N-ethyl adjacent to an activating group) is 2. The van der Waals surface area contributed by atoms with Crippen LogP contribution < -0.4 is 10.1 Å². The second-order valence-corrected chi connectivity index (χ2v) is 6.32. The van der Waals surface area contributed by atoms with Gasteiger partial charge in [0, 0.05) is 18.6 Å². The summed E-state index contributed by atoms with van der Waals surface area (Å²) >= 11 is 0. The number of nitrogens with one attached hydrogen (secondary N) is 1. The van der Waals surface area contributed by atoms with Gasteiger partial charge in [-0.25, -0.2) is 0 Å². The molecule has 0 amide bonds. The molecular weight excluding hydrogens is 260 g/mol. The maximum absolute atomic E-state index is 5.33. The van der Waals surface area contributed by atoms with Crippen LogP contribution in [-0.4, -0.2) is 38.2 Å². The number of hydrogen-bond donors (Lipinski definition) is 1. The molecule has 0 saturated heterocycles. The Balaban J connectivity index is 2.03. The fourth-order valence-electron chi connectivity index (χ4n) is 3.60. The van der Waals surface area contributed by atoms with Crippen LogP contribution in [0.4, 0.5) is 0 Å². The summed E-state index contributed by atoms with van der Waals surface area (Å²) in [6, 6.07) is 9.66. The van der Waals surface area contributed by atoms with E-state index in [1.54, 1.807) is 7.11 Å². The van der Waals surface area contributed by atoms with Gasteiger partial charge in [0.25, 0.3) is 0 Å². The van der Waals surface area contributed by atoms with E-state index in [-0.39, 0.29) is 0 Å². The van der Waals surface area contributed by atoms with Crippen molar-refractivity contribution in [1.29, 1.82) is 0 Å². The fourth-order valence-corrected chi connectivity index (χ4v) is 3.60. The van der Waals surface area contributed by atoms with Crippen LogP contribution in [0.3, 0.4) is 0 Å². The smallest absolute Gasteiger partial charge is 0.119 e. The van der Waals surface area contributed by atoms with Crippen molar-refractivity contribution in [2.75, 3.05) is 21.2 Å². The first-order valence-electron chi connectivity index (χ1n) is 8.18. The molecule has 1 aromatic rings. The maximum atomic E-state index is 5.33. The molecule has 0 spiro atoms. The summed E-state index contributed by atoms with van der Waals surface area (Å²) in [5.74, 6) is 1.83. The van der Waals surface area contributed by atoms with E-state index >= 15 is 0 Å². The van der Waals surface area contributed by atoms with E-state index in [0.717, 1.165) is 18.2 Å². The van der Waals surface area contributed by atoms with Crippen molar-refractivity contribution < 1.29 is 4.74 Å². The van der Waals surface area contributed by atoms with Gasteiger partial charge in [-0.3, -0.25) is 4.90 Å². The number of nitrogens with zero attached hydrogens (tertiary/aromatic N) is 1. The third-order valence-corrected chi connectivity index (χ3v) is 5.01. The molecule has 3 unspecified atom stereocenters. The predicted molar refractivity (Wildman–Crippen MR) is 88.7 cm³/mol. The highest BCUT2D eigenvalue weighted by molar-refractivity contribution is 5.28. The SMILES string of the molecule is CCC1CCC(NC)C(N(C)Cc2cccc(OC)c2)C1. The van der Waals surface area contributed by atoms with E-state index in [0.29, 0.717) is 12.1 Å². The Labute approximate surface area is 129 Å². The zero-order valence-electron chi connectivity index (χ0n) is 13.9. The average Bonchev–Trinajstić information content (AvgIpc) is 2.54. The lowest BCUT2D eigenvalue weighted by Crippen LogP contribution is -2.50. The van der Waals surface area contributed by atoms with Crippen LogP contribution >= 0.6 is 0 Å². The van der Waals surface area contributed by atoms with Crippen molar-refractivity contribution in [3.63, 3.8) is 0 Å². The van der Waals surface area contributed by atoms with E-state index in [1.807, 2.05) is 6.07 Å². The predicted octanol–water partition coefficient (Wildman–Crippen LogP) is 3.29. The van der Waals surface area contributed by atoms with E-state index < -0.39 is 0 Å². The first kappa shape index (κ1) is 16.3. The van der Waals surface area contributed by atoms with Crippen LogP contribution in [0.2, 0.25) is 0 Å². The quantitative estimate of drug-likeness (QED) is 0.870. The van der Waals surface area contributed by atoms with Crippen LogP contribution in [-0.2, 0) is 6.54 Å². The minimum absolute atomic E-state index is 0.614. The van der Waals surface area contributed by atoms with Crippen LogP contribution in [0.25, 0.3) is 0 Å².